The summed E-state index contributed by atoms with van der Waals surface area (Å²) in [6.07, 6.45) is -2.64. The van der Waals surface area contributed by atoms with E-state index in [1.165, 1.54) is 18.2 Å². The van der Waals surface area contributed by atoms with Crippen molar-refractivity contribution in [3.8, 4) is 11.8 Å². The van der Waals surface area contributed by atoms with Gasteiger partial charge in [-0.2, -0.15) is 18.4 Å². The summed E-state index contributed by atoms with van der Waals surface area (Å²) < 4.78 is 43.0. The van der Waals surface area contributed by atoms with Crippen LogP contribution in [0, 0.1) is 11.3 Å². The number of alkyl halides is 3. The van der Waals surface area contributed by atoms with Crippen molar-refractivity contribution in [3.63, 3.8) is 0 Å². The molecule has 0 amide bonds. The van der Waals surface area contributed by atoms with Gasteiger partial charge in [-0.15, -0.1) is 0 Å². The molecule has 0 bridgehead atoms. The van der Waals surface area contributed by atoms with Crippen LogP contribution in [0.5, 0.6) is 5.75 Å². The summed E-state index contributed by atoms with van der Waals surface area (Å²) in [5.41, 5.74) is -0.715. The Morgan fingerprint density at radius 3 is 2.69 bits per heavy atom. The Labute approximate surface area is 150 Å². The van der Waals surface area contributed by atoms with Crippen molar-refractivity contribution in [2.75, 3.05) is 6.61 Å². The zero-order chi connectivity index (χ0) is 19.3. The fourth-order valence-corrected chi connectivity index (χ4v) is 2.22. The molecule has 0 spiro atoms. The van der Waals surface area contributed by atoms with Crippen LogP contribution in [0.15, 0.2) is 36.5 Å². The fourth-order valence-electron chi connectivity index (χ4n) is 1.95. The lowest BCUT2D eigenvalue weighted by molar-refractivity contribution is -0.139. The Kier molecular flexibility index (Phi) is 5.85. The molecule has 0 fully saturated rings. The minimum atomic E-state index is -4.60. The highest BCUT2D eigenvalue weighted by Crippen LogP contribution is 2.33. The zero-order valence-electron chi connectivity index (χ0n) is 12.9. The summed E-state index contributed by atoms with van der Waals surface area (Å²) in [5, 5.41) is 17.6. The van der Waals surface area contributed by atoms with Crippen molar-refractivity contribution in [2.24, 2.45) is 0 Å². The average Bonchev–Trinajstić information content (AvgIpc) is 2.57. The number of halogens is 4. The van der Waals surface area contributed by atoms with E-state index in [0.29, 0.717) is 17.8 Å². The summed E-state index contributed by atoms with van der Waals surface area (Å²) in [7, 11) is 0. The van der Waals surface area contributed by atoms with Gasteiger partial charge in [0.15, 0.2) is 6.61 Å². The first-order valence-electron chi connectivity index (χ1n) is 7.00. The van der Waals surface area contributed by atoms with Crippen LogP contribution >= 0.6 is 11.6 Å². The SMILES string of the molecule is N#CC(=Cc1cccc(OCC(=O)O)c1)c1ncc(C(F)(F)F)cc1Cl. The normalized spacial score (nSPS) is 11.7. The number of hydrogen-bond acceptors (Lipinski definition) is 4. The molecular weight excluding hydrogens is 373 g/mol. The van der Waals surface area contributed by atoms with E-state index in [1.54, 1.807) is 12.1 Å². The quantitative estimate of drug-likeness (QED) is 0.780. The minimum absolute atomic E-state index is 0.0564. The maximum Gasteiger partial charge on any atom is 0.417 e. The highest BCUT2D eigenvalue weighted by atomic mass is 35.5. The number of allylic oxidation sites excluding steroid dienone is 1. The maximum atomic E-state index is 12.7. The lowest BCUT2D eigenvalue weighted by Crippen LogP contribution is -2.09. The van der Waals surface area contributed by atoms with E-state index in [9.17, 15) is 23.2 Å². The predicted molar refractivity (Wildman–Crippen MR) is 87.3 cm³/mol. The number of pyridine rings is 1. The van der Waals surface area contributed by atoms with E-state index in [-0.39, 0.29) is 22.0 Å². The molecule has 0 aliphatic heterocycles. The molecule has 1 N–H and O–H groups in total. The number of aliphatic carboxylic acids is 1. The van der Waals surface area contributed by atoms with Crippen molar-refractivity contribution in [1.29, 1.82) is 5.26 Å². The van der Waals surface area contributed by atoms with Gasteiger partial charge >= 0.3 is 12.1 Å². The lowest BCUT2D eigenvalue weighted by Gasteiger charge is -2.09. The highest BCUT2D eigenvalue weighted by Gasteiger charge is 2.31. The third-order valence-electron chi connectivity index (χ3n) is 3.08. The van der Waals surface area contributed by atoms with Gasteiger partial charge in [0.25, 0.3) is 0 Å². The largest absolute Gasteiger partial charge is 0.482 e. The van der Waals surface area contributed by atoms with Gasteiger partial charge in [-0.1, -0.05) is 23.7 Å². The van der Waals surface area contributed by atoms with Gasteiger partial charge in [0, 0.05) is 6.20 Å². The molecule has 0 unspecified atom stereocenters. The standard InChI is InChI=1S/C17H10ClF3N2O3/c18-14-6-12(17(19,20)21)8-23-16(14)11(7-22)4-10-2-1-3-13(5-10)26-9-15(24)25/h1-6,8H,9H2,(H,24,25). The first-order chi connectivity index (χ1) is 12.2. The average molecular weight is 383 g/mol. The molecule has 26 heavy (non-hydrogen) atoms. The molecule has 1 heterocycles. The molecule has 134 valence electrons. The van der Waals surface area contributed by atoms with E-state index < -0.39 is 24.3 Å². The molecule has 1 aromatic carbocycles. The number of nitriles is 1. The molecule has 9 heteroatoms. The number of carboxylic acids is 1. The van der Waals surface area contributed by atoms with Gasteiger partial charge < -0.3 is 9.84 Å². The fraction of sp³-hybridized carbons (Fsp3) is 0.118. The predicted octanol–water partition coefficient (Wildman–Crippen LogP) is 4.28. The monoisotopic (exact) mass is 382 g/mol. The number of rotatable bonds is 5. The van der Waals surface area contributed by atoms with Gasteiger partial charge in [0.2, 0.25) is 0 Å². The molecule has 2 rings (SSSR count). The number of carbonyl (C=O) groups is 1. The number of nitrogens with zero attached hydrogens (tertiary/aromatic N) is 2. The second kappa shape index (κ2) is 7.89. The van der Waals surface area contributed by atoms with Crippen molar-refractivity contribution < 1.29 is 27.8 Å². The molecule has 0 saturated heterocycles. The van der Waals surface area contributed by atoms with Crippen molar-refractivity contribution >= 4 is 29.2 Å². The van der Waals surface area contributed by atoms with Gasteiger partial charge in [-0.25, -0.2) is 4.79 Å². The number of aromatic nitrogens is 1. The van der Waals surface area contributed by atoms with E-state index >= 15 is 0 Å². The number of hydrogen-bond donors (Lipinski definition) is 1. The van der Waals surface area contributed by atoms with E-state index in [1.807, 2.05) is 6.07 Å². The summed E-state index contributed by atoms with van der Waals surface area (Å²) >= 11 is 5.85. The molecule has 1 aromatic heterocycles. The van der Waals surface area contributed by atoms with Crippen LogP contribution in [0.1, 0.15) is 16.8 Å². The first-order valence-corrected chi connectivity index (χ1v) is 7.38. The van der Waals surface area contributed by atoms with Crippen LogP contribution in [0.3, 0.4) is 0 Å². The molecular formula is C17H10ClF3N2O3. The summed E-state index contributed by atoms with van der Waals surface area (Å²) in [6, 6.07) is 8.69. The van der Waals surface area contributed by atoms with Crippen LogP contribution in [0.2, 0.25) is 5.02 Å². The van der Waals surface area contributed by atoms with Crippen LogP contribution in [-0.2, 0) is 11.0 Å². The Balaban J connectivity index is 2.35. The minimum Gasteiger partial charge on any atom is -0.482 e. The topological polar surface area (TPSA) is 83.2 Å². The highest BCUT2D eigenvalue weighted by molar-refractivity contribution is 6.32. The number of benzene rings is 1. The molecule has 0 atom stereocenters. The third-order valence-corrected chi connectivity index (χ3v) is 3.36. The summed E-state index contributed by atoms with van der Waals surface area (Å²) in [4.78, 5) is 14.2. The van der Waals surface area contributed by atoms with E-state index in [2.05, 4.69) is 4.98 Å². The number of ether oxygens (including phenoxy) is 1. The first kappa shape index (κ1) is 19.3. The Hall–Kier alpha value is -3.05. The maximum absolute atomic E-state index is 12.7. The second-order valence-corrected chi connectivity index (χ2v) is 5.38. The van der Waals surface area contributed by atoms with Crippen molar-refractivity contribution in [2.45, 2.75) is 6.18 Å². The van der Waals surface area contributed by atoms with Gasteiger partial charge in [-0.3, -0.25) is 4.98 Å². The van der Waals surface area contributed by atoms with E-state index in [0.717, 1.165) is 0 Å². The molecule has 0 saturated carbocycles. The van der Waals surface area contributed by atoms with Gasteiger partial charge in [0.1, 0.15) is 11.8 Å². The second-order valence-electron chi connectivity index (χ2n) is 4.98. The summed E-state index contributed by atoms with van der Waals surface area (Å²) in [5.74, 6) is -0.894. The van der Waals surface area contributed by atoms with Crippen LogP contribution < -0.4 is 4.74 Å². The Morgan fingerprint density at radius 2 is 2.12 bits per heavy atom. The summed E-state index contributed by atoms with van der Waals surface area (Å²) in [6.45, 7) is -0.537. The lowest BCUT2D eigenvalue weighted by atomic mass is 10.1. The smallest absolute Gasteiger partial charge is 0.417 e. The van der Waals surface area contributed by atoms with Crippen LogP contribution in [0.25, 0.3) is 11.6 Å². The Bertz CT molecular complexity index is 905. The molecule has 5 nitrogen and oxygen atoms in total. The van der Waals surface area contributed by atoms with Crippen LogP contribution in [0.4, 0.5) is 13.2 Å². The Morgan fingerprint density at radius 1 is 1.38 bits per heavy atom. The molecule has 0 aliphatic carbocycles. The van der Waals surface area contributed by atoms with Gasteiger partial charge in [-0.05, 0) is 29.8 Å². The van der Waals surface area contributed by atoms with Crippen LogP contribution in [-0.4, -0.2) is 22.7 Å². The van der Waals surface area contributed by atoms with Gasteiger partial charge in [0.05, 0.1) is 21.9 Å². The third kappa shape index (κ3) is 4.97. The van der Waals surface area contributed by atoms with Crippen molar-refractivity contribution in [1.82, 2.24) is 4.98 Å². The molecule has 0 radical (unpaired) electrons. The van der Waals surface area contributed by atoms with Crippen molar-refractivity contribution in [3.05, 3.63) is 58.4 Å². The molecule has 2 aromatic rings. The number of carboxylic acid groups (broad SMARTS) is 1. The van der Waals surface area contributed by atoms with E-state index in [4.69, 9.17) is 21.4 Å². The molecule has 0 aliphatic rings. The zero-order valence-corrected chi connectivity index (χ0v) is 13.7.